The summed E-state index contributed by atoms with van der Waals surface area (Å²) in [6.45, 7) is 1.79. The minimum atomic E-state index is -4.29. The lowest BCUT2D eigenvalue weighted by atomic mass is 10.1. The fourth-order valence-electron chi connectivity index (χ4n) is 5.71. The first-order chi connectivity index (χ1) is 22.3. The minimum absolute atomic E-state index is 0.00241. The highest BCUT2D eigenvalue weighted by atomic mass is 31.2. The van der Waals surface area contributed by atoms with Crippen LogP contribution in [-0.2, 0) is 36.7 Å². The number of nitrogen functional groups attached to an aromatic ring is 1. The topological polar surface area (TPSA) is 266 Å². The molecule has 47 heavy (non-hydrogen) atoms. The first-order valence-electron chi connectivity index (χ1n) is 14.3. The van der Waals surface area contributed by atoms with E-state index in [-0.39, 0.29) is 28.1 Å². The number of ether oxygens (including phenoxy) is 2. The molecule has 7 heterocycles. The van der Waals surface area contributed by atoms with Crippen molar-refractivity contribution in [2.75, 3.05) is 39.7 Å². The molecule has 3 saturated heterocycles. The Balaban J connectivity index is 1.24. The van der Waals surface area contributed by atoms with Crippen molar-refractivity contribution >= 4 is 43.5 Å². The Morgan fingerprint density at radius 1 is 0.915 bits per heavy atom. The van der Waals surface area contributed by atoms with Crippen LogP contribution in [0.15, 0.2) is 23.8 Å². The number of rotatable bonds is 3. The molecule has 4 unspecified atom stereocenters. The lowest BCUT2D eigenvalue weighted by Gasteiger charge is -2.31. The number of nitrogens with two attached hydrogens (primary N) is 1. The third-order valence-corrected chi connectivity index (χ3v) is 11.3. The van der Waals surface area contributed by atoms with Gasteiger partial charge in [0.25, 0.3) is 5.56 Å². The molecule has 3 fully saturated rings. The van der Waals surface area contributed by atoms with Crippen molar-refractivity contribution in [1.82, 2.24) is 43.7 Å². The molecule has 0 radical (unpaired) electrons. The first-order valence-corrected chi connectivity index (χ1v) is 17.8. The van der Waals surface area contributed by atoms with E-state index < -0.39 is 83.2 Å². The maximum Gasteiger partial charge on any atom is 0.408 e. The molecule has 0 saturated carbocycles. The standard InChI is InChI=1S/C24H32N10O11P2/c1-10-30-21-14(22(37)31-10)29-9-34(21)24-18-15(35)11(42-24)5-40-46(4,38)44-17-12(6-41-47(39,45-18)32(2)3)43-23(16(17)36)33-8-28-13-19(25)26-7-27-20(13)33/h7-9,11-12,15-18,23-24,35-36H,5-6H2,1-4H3,(H2,25,26,27)(H,30,31,37)/t11-,12-,15?,16?,17+,18+,23-,24-,46?,47?/m1/s1. The van der Waals surface area contributed by atoms with Crippen LogP contribution in [0.1, 0.15) is 18.3 Å². The average molecular weight is 699 g/mol. The van der Waals surface area contributed by atoms with Crippen LogP contribution in [0.4, 0.5) is 5.82 Å². The maximum atomic E-state index is 14.3. The van der Waals surface area contributed by atoms with Crippen LogP contribution in [0.5, 0.6) is 0 Å². The number of H-pyrrole nitrogens is 1. The van der Waals surface area contributed by atoms with Crippen molar-refractivity contribution in [2.45, 2.75) is 56.0 Å². The van der Waals surface area contributed by atoms with Crippen LogP contribution in [-0.4, -0.2) is 125 Å². The van der Waals surface area contributed by atoms with Gasteiger partial charge in [-0.2, -0.15) is 0 Å². The Bertz CT molecular complexity index is 1990. The molecular formula is C24H32N10O11P2. The fraction of sp³-hybridized carbons (Fsp3) is 0.583. The zero-order valence-electron chi connectivity index (χ0n) is 25.4. The number of anilines is 1. The molecule has 10 atom stereocenters. The molecule has 3 aliphatic heterocycles. The second-order valence-electron chi connectivity index (χ2n) is 11.5. The van der Waals surface area contributed by atoms with Gasteiger partial charge in [0.05, 0.1) is 25.9 Å². The van der Waals surface area contributed by atoms with Gasteiger partial charge in [0.15, 0.2) is 35.1 Å². The Morgan fingerprint density at radius 3 is 2.34 bits per heavy atom. The summed E-state index contributed by atoms with van der Waals surface area (Å²) in [6, 6.07) is 0. The zero-order chi connectivity index (χ0) is 33.4. The van der Waals surface area contributed by atoms with Crippen LogP contribution < -0.4 is 11.3 Å². The largest absolute Gasteiger partial charge is 0.408 e. The van der Waals surface area contributed by atoms with E-state index >= 15 is 0 Å². The summed E-state index contributed by atoms with van der Waals surface area (Å²) in [7, 11) is -5.42. The highest BCUT2D eigenvalue weighted by molar-refractivity contribution is 7.53. The number of aryl methyl sites for hydroxylation is 1. The second kappa shape index (κ2) is 11.7. The van der Waals surface area contributed by atoms with Gasteiger partial charge in [0, 0.05) is 6.66 Å². The first kappa shape index (κ1) is 32.4. The molecular weight excluding hydrogens is 666 g/mol. The van der Waals surface area contributed by atoms with Gasteiger partial charge in [-0.25, -0.2) is 34.2 Å². The minimum Gasteiger partial charge on any atom is -0.387 e. The molecule has 0 spiro atoms. The molecule has 2 bridgehead atoms. The molecule has 0 aliphatic carbocycles. The van der Waals surface area contributed by atoms with E-state index in [4.69, 9.17) is 33.3 Å². The van der Waals surface area contributed by atoms with Gasteiger partial charge in [0.1, 0.15) is 54.3 Å². The maximum absolute atomic E-state index is 14.3. The van der Waals surface area contributed by atoms with Gasteiger partial charge in [-0.1, -0.05) is 0 Å². The number of aromatic nitrogens is 8. The molecule has 0 amide bonds. The van der Waals surface area contributed by atoms with Crippen LogP contribution in [0.25, 0.3) is 22.3 Å². The number of nitrogens with one attached hydrogen (secondary N) is 1. The lowest BCUT2D eigenvalue weighted by Crippen LogP contribution is -2.37. The third-order valence-electron chi connectivity index (χ3n) is 8.04. The average Bonchev–Trinajstić information content (AvgIpc) is 3.76. The zero-order valence-corrected chi connectivity index (χ0v) is 27.2. The second-order valence-corrected chi connectivity index (χ2v) is 15.7. The predicted octanol–water partition coefficient (Wildman–Crippen LogP) is -0.323. The van der Waals surface area contributed by atoms with E-state index in [1.54, 1.807) is 6.92 Å². The summed E-state index contributed by atoms with van der Waals surface area (Å²) in [5.74, 6) is 0.400. The van der Waals surface area contributed by atoms with E-state index in [0.717, 1.165) is 0 Å². The molecule has 23 heteroatoms. The van der Waals surface area contributed by atoms with E-state index in [9.17, 15) is 24.1 Å². The Kier molecular flexibility index (Phi) is 8.08. The molecule has 4 aromatic rings. The van der Waals surface area contributed by atoms with Crippen molar-refractivity contribution < 1.29 is 46.9 Å². The number of hydrogen-bond donors (Lipinski definition) is 4. The van der Waals surface area contributed by atoms with Crippen molar-refractivity contribution in [2.24, 2.45) is 0 Å². The van der Waals surface area contributed by atoms with Gasteiger partial charge < -0.3 is 34.9 Å². The lowest BCUT2D eigenvalue weighted by molar-refractivity contribution is -0.0620. The number of aliphatic hydroxyl groups is 2. The van der Waals surface area contributed by atoms with Gasteiger partial charge in [-0.15, -0.1) is 0 Å². The number of nitrogens with zero attached hydrogens (tertiary/aromatic N) is 8. The Morgan fingerprint density at radius 2 is 1.60 bits per heavy atom. The summed E-state index contributed by atoms with van der Waals surface area (Å²) in [6.07, 6.45) is -6.65. The van der Waals surface area contributed by atoms with Gasteiger partial charge in [-0.3, -0.25) is 32.1 Å². The molecule has 5 N–H and O–H groups in total. The smallest absolute Gasteiger partial charge is 0.387 e. The van der Waals surface area contributed by atoms with Crippen molar-refractivity contribution in [3.63, 3.8) is 0 Å². The Labute approximate surface area is 265 Å². The van der Waals surface area contributed by atoms with Crippen LogP contribution >= 0.6 is 15.3 Å². The molecule has 7 rings (SSSR count). The van der Waals surface area contributed by atoms with Gasteiger partial charge in [-0.05, 0) is 21.0 Å². The van der Waals surface area contributed by atoms with Crippen molar-refractivity contribution in [1.29, 1.82) is 0 Å². The Hall–Kier alpha value is -3.20. The van der Waals surface area contributed by atoms with Gasteiger partial charge in [0.2, 0.25) is 0 Å². The summed E-state index contributed by atoms with van der Waals surface area (Å²) < 4.78 is 67.6. The molecule has 254 valence electrons. The summed E-state index contributed by atoms with van der Waals surface area (Å²) in [5, 5.41) is 22.8. The quantitative estimate of drug-likeness (QED) is 0.200. The van der Waals surface area contributed by atoms with E-state index in [0.29, 0.717) is 5.82 Å². The highest BCUT2D eigenvalue weighted by Gasteiger charge is 2.54. The van der Waals surface area contributed by atoms with Crippen LogP contribution in [0, 0.1) is 6.92 Å². The fourth-order valence-corrected chi connectivity index (χ4v) is 8.24. The third kappa shape index (κ3) is 5.60. The van der Waals surface area contributed by atoms with Gasteiger partial charge >= 0.3 is 15.3 Å². The summed E-state index contributed by atoms with van der Waals surface area (Å²) >= 11 is 0. The van der Waals surface area contributed by atoms with Crippen LogP contribution in [0.3, 0.4) is 0 Å². The molecule has 4 aromatic heterocycles. The van der Waals surface area contributed by atoms with E-state index in [1.807, 2.05) is 0 Å². The predicted molar refractivity (Wildman–Crippen MR) is 159 cm³/mol. The van der Waals surface area contributed by atoms with Crippen molar-refractivity contribution in [3.05, 3.63) is 35.2 Å². The SMILES string of the molecule is Cc1nc2c(ncn2[C@@H]2O[C@@H]3COP(C)(=O)O[C@@H]4C(O)[C@H](n5cnc6c(N)ncnc65)O[C@@H]4COP(=O)(N(C)C)O[C@H]2C3O)c(=O)[nH]1. The highest BCUT2D eigenvalue weighted by Crippen LogP contribution is 2.56. The number of imidazole rings is 2. The number of aliphatic hydroxyl groups excluding tert-OH is 2. The number of hydrogen-bond acceptors (Lipinski definition) is 17. The normalized spacial score (nSPS) is 36.7. The molecule has 0 aromatic carbocycles. The van der Waals surface area contributed by atoms with Crippen LogP contribution in [0.2, 0.25) is 0 Å². The molecule has 21 nitrogen and oxygen atoms in total. The summed E-state index contributed by atoms with van der Waals surface area (Å²) in [4.78, 5) is 35.9. The number of fused-ring (bicyclic) bond motifs is 5. The van der Waals surface area contributed by atoms with E-state index in [1.165, 1.54) is 53.5 Å². The molecule has 3 aliphatic rings. The summed E-state index contributed by atoms with van der Waals surface area (Å²) in [5.41, 5.74) is 6.05. The van der Waals surface area contributed by atoms with Crippen molar-refractivity contribution in [3.8, 4) is 0 Å². The number of aromatic amines is 1. The van der Waals surface area contributed by atoms with E-state index in [2.05, 4.69) is 29.9 Å². The monoisotopic (exact) mass is 698 g/mol.